The molecule has 0 bridgehead atoms. The summed E-state index contributed by atoms with van der Waals surface area (Å²) in [6.07, 6.45) is -5.33. The van der Waals surface area contributed by atoms with Gasteiger partial charge in [-0.15, -0.1) is 0 Å². The fraction of sp³-hybridized carbons (Fsp3) is 0.200. The number of para-hydroxylation sites is 1. The summed E-state index contributed by atoms with van der Waals surface area (Å²) in [7, 11) is 0. The average Bonchev–Trinajstić information content (AvgIpc) is 2.79. The van der Waals surface area contributed by atoms with Gasteiger partial charge in [0.2, 0.25) is 5.72 Å². The van der Waals surface area contributed by atoms with Crippen LogP contribution in [0.4, 0.5) is 18.0 Å². The Kier molecular flexibility index (Phi) is 6.05. The summed E-state index contributed by atoms with van der Waals surface area (Å²) < 4.78 is 48.0. The Bertz CT molecular complexity index is 1200. The Morgan fingerprint density at radius 2 is 1.62 bits per heavy atom. The van der Waals surface area contributed by atoms with Crippen LogP contribution in [-0.4, -0.2) is 28.8 Å². The predicted octanol–water partition coefficient (Wildman–Crippen LogP) is 4.89. The number of nitrogens with one attached hydrogen (secondary N) is 2. The van der Waals surface area contributed by atoms with Gasteiger partial charge in [-0.3, -0.25) is 4.79 Å². The van der Waals surface area contributed by atoms with Gasteiger partial charge in [0, 0.05) is 5.56 Å². The van der Waals surface area contributed by atoms with E-state index in [4.69, 9.17) is 4.74 Å². The first-order chi connectivity index (χ1) is 16.1. The largest absolute Gasteiger partial charge is 0.457 e. The third kappa shape index (κ3) is 4.47. The van der Waals surface area contributed by atoms with Crippen molar-refractivity contribution >= 4 is 11.8 Å². The lowest BCUT2D eigenvalue weighted by Gasteiger charge is -2.45. The highest BCUT2D eigenvalue weighted by Crippen LogP contribution is 2.44. The molecule has 34 heavy (non-hydrogen) atoms. The minimum Gasteiger partial charge on any atom is -0.457 e. The van der Waals surface area contributed by atoms with Crippen molar-refractivity contribution in [2.45, 2.75) is 24.9 Å². The highest BCUT2D eigenvalue weighted by Gasteiger charge is 2.66. The number of halogens is 3. The molecule has 6 nitrogen and oxygen atoms in total. The fourth-order valence-corrected chi connectivity index (χ4v) is 3.91. The zero-order valence-corrected chi connectivity index (χ0v) is 18.0. The van der Waals surface area contributed by atoms with Gasteiger partial charge >= 0.3 is 12.2 Å². The van der Waals surface area contributed by atoms with Crippen molar-refractivity contribution in [2.24, 2.45) is 5.92 Å². The summed E-state index contributed by atoms with van der Waals surface area (Å²) in [5, 5.41) is 14.6. The monoisotopic (exact) mass is 470 g/mol. The number of rotatable bonds is 5. The molecule has 9 heteroatoms. The highest BCUT2D eigenvalue weighted by atomic mass is 19.4. The van der Waals surface area contributed by atoms with Crippen LogP contribution < -0.4 is 15.4 Å². The molecular formula is C25H21F3N2O4. The molecule has 1 fully saturated rings. The van der Waals surface area contributed by atoms with Gasteiger partial charge in [0.05, 0.1) is 6.04 Å². The van der Waals surface area contributed by atoms with Crippen LogP contribution in [0.3, 0.4) is 0 Å². The number of carbonyl (C=O) groups excluding carboxylic acids is 2. The molecule has 0 saturated carbocycles. The molecular weight excluding hydrogens is 449 g/mol. The first-order valence-electron chi connectivity index (χ1n) is 10.4. The van der Waals surface area contributed by atoms with Gasteiger partial charge in [0.25, 0.3) is 0 Å². The molecule has 1 aliphatic rings. The molecule has 0 spiro atoms. The van der Waals surface area contributed by atoms with Crippen LogP contribution in [0.5, 0.6) is 11.5 Å². The smallest absolute Gasteiger partial charge is 0.437 e. The Labute approximate surface area is 193 Å². The lowest BCUT2D eigenvalue weighted by atomic mass is 9.77. The minimum absolute atomic E-state index is 0.0297. The molecule has 3 aromatic carbocycles. The van der Waals surface area contributed by atoms with E-state index in [9.17, 15) is 27.9 Å². The topological polar surface area (TPSA) is 87.7 Å². The molecule has 1 saturated heterocycles. The highest BCUT2D eigenvalue weighted by molar-refractivity contribution is 6.00. The maximum atomic E-state index is 14.1. The average molecular weight is 470 g/mol. The number of benzene rings is 3. The van der Waals surface area contributed by atoms with Gasteiger partial charge in [0.15, 0.2) is 5.78 Å². The van der Waals surface area contributed by atoms with Crippen LogP contribution in [0.1, 0.15) is 27.5 Å². The van der Waals surface area contributed by atoms with Gasteiger partial charge in [-0.25, -0.2) is 4.79 Å². The number of ketones is 1. The molecule has 0 aromatic heterocycles. The van der Waals surface area contributed by atoms with Crippen LogP contribution in [0.25, 0.3) is 0 Å². The maximum absolute atomic E-state index is 14.1. The van der Waals surface area contributed by atoms with E-state index in [2.05, 4.69) is 5.32 Å². The van der Waals surface area contributed by atoms with Crippen LogP contribution in [0.2, 0.25) is 0 Å². The van der Waals surface area contributed by atoms with Crippen LogP contribution in [0, 0.1) is 12.8 Å². The summed E-state index contributed by atoms with van der Waals surface area (Å²) in [6.45, 7) is 1.77. The van der Waals surface area contributed by atoms with Crippen LogP contribution in [-0.2, 0) is 0 Å². The summed E-state index contributed by atoms with van der Waals surface area (Å²) >= 11 is 0. The zero-order chi connectivity index (χ0) is 24.5. The summed E-state index contributed by atoms with van der Waals surface area (Å²) in [5.74, 6) is -2.31. The standard InChI is InChI=1S/C25H21F3N2O4/c1-15-10-12-16(13-11-15)22(31)20-21(29-23(32)30-24(20,33)25(26,27)28)17-6-5-9-19(14-17)34-18-7-3-2-4-8-18/h2-14,20-21,33H,1H3,(H2,29,30,32)/t20-,21+,24-/m1/s1. The third-order valence-corrected chi connectivity index (χ3v) is 5.62. The van der Waals surface area contributed by atoms with Gasteiger partial charge in [-0.05, 0) is 36.8 Å². The molecule has 0 unspecified atom stereocenters. The number of alkyl halides is 3. The number of Topliss-reactive ketones (excluding diaryl/α,β-unsaturated/α-hetero) is 1. The molecule has 0 aliphatic carbocycles. The van der Waals surface area contributed by atoms with Gasteiger partial charge in [0.1, 0.15) is 17.4 Å². The number of aliphatic hydroxyl groups is 1. The number of aryl methyl sites for hydroxylation is 1. The van der Waals surface area contributed by atoms with E-state index in [0.29, 0.717) is 5.75 Å². The number of ether oxygens (including phenoxy) is 1. The number of amides is 2. The first kappa shape index (κ1) is 23.3. The molecule has 3 atom stereocenters. The Hall–Kier alpha value is -3.85. The Morgan fingerprint density at radius 3 is 2.26 bits per heavy atom. The lowest BCUT2D eigenvalue weighted by molar-refractivity contribution is -0.287. The van der Waals surface area contributed by atoms with E-state index in [1.54, 1.807) is 55.5 Å². The maximum Gasteiger partial charge on any atom is 0.437 e. The second kappa shape index (κ2) is 8.83. The Morgan fingerprint density at radius 1 is 0.971 bits per heavy atom. The molecule has 1 aliphatic heterocycles. The van der Waals surface area contributed by atoms with Crippen molar-refractivity contribution < 1.29 is 32.6 Å². The predicted molar refractivity (Wildman–Crippen MR) is 117 cm³/mol. The van der Waals surface area contributed by atoms with Crippen LogP contribution >= 0.6 is 0 Å². The molecule has 4 rings (SSSR count). The van der Waals surface area contributed by atoms with E-state index in [-0.39, 0.29) is 16.9 Å². The molecule has 3 N–H and O–H groups in total. The summed E-state index contributed by atoms with van der Waals surface area (Å²) in [5.41, 5.74) is -2.85. The molecule has 0 radical (unpaired) electrons. The second-order valence-electron chi connectivity index (χ2n) is 8.04. The van der Waals surface area contributed by atoms with Crippen molar-refractivity contribution in [3.05, 3.63) is 95.6 Å². The van der Waals surface area contributed by atoms with Crippen molar-refractivity contribution in [3.8, 4) is 11.5 Å². The first-order valence-corrected chi connectivity index (χ1v) is 10.4. The van der Waals surface area contributed by atoms with Crippen molar-refractivity contribution in [2.75, 3.05) is 0 Å². The zero-order valence-electron chi connectivity index (χ0n) is 18.0. The minimum atomic E-state index is -5.33. The van der Waals surface area contributed by atoms with E-state index in [1.165, 1.54) is 35.6 Å². The summed E-state index contributed by atoms with van der Waals surface area (Å²) in [4.78, 5) is 25.6. The number of hydrogen-bond acceptors (Lipinski definition) is 4. The molecule has 3 aromatic rings. The number of carbonyl (C=O) groups is 2. The fourth-order valence-electron chi connectivity index (χ4n) is 3.91. The van der Waals surface area contributed by atoms with Crippen molar-refractivity contribution in [1.29, 1.82) is 0 Å². The van der Waals surface area contributed by atoms with Gasteiger partial charge < -0.3 is 20.5 Å². The van der Waals surface area contributed by atoms with Gasteiger partial charge in [-0.2, -0.15) is 13.2 Å². The lowest BCUT2D eigenvalue weighted by Crippen LogP contribution is -2.72. The molecule has 2 amide bonds. The number of hydrogen-bond donors (Lipinski definition) is 3. The molecule has 1 heterocycles. The van der Waals surface area contributed by atoms with E-state index >= 15 is 0 Å². The second-order valence-corrected chi connectivity index (χ2v) is 8.04. The Balaban J connectivity index is 1.78. The SMILES string of the molecule is Cc1ccc(C(=O)[C@H]2[C@H](c3cccc(Oc4ccccc4)c3)NC(=O)N[C@]2(O)C(F)(F)F)cc1. The number of urea groups is 1. The normalized spacial score (nSPS) is 22.4. The van der Waals surface area contributed by atoms with E-state index < -0.39 is 35.7 Å². The van der Waals surface area contributed by atoms with E-state index in [0.717, 1.165) is 5.56 Å². The summed E-state index contributed by atoms with van der Waals surface area (Å²) in [6, 6.07) is 17.9. The van der Waals surface area contributed by atoms with E-state index in [1.807, 2.05) is 0 Å². The van der Waals surface area contributed by atoms with Gasteiger partial charge in [-0.1, -0.05) is 60.2 Å². The van der Waals surface area contributed by atoms with Crippen molar-refractivity contribution in [3.63, 3.8) is 0 Å². The third-order valence-electron chi connectivity index (χ3n) is 5.62. The quantitative estimate of drug-likeness (QED) is 0.464. The molecule has 176 valence electrons. The van der Waals surface area contributed by atoms with Crippen LogP contribution in [0.15, 0.2) is 78.9 Å². The van der Waals surface area contributed by atoms with Crippen molar-refractivity contribution in [1.82, 2.24) is 10.6 Å².